The Morgan fingerprint density at radius 2 is 1.92 bits per heavy atom. The summed E-state index contributed by atoms with van der Waals surface area (Å²) in [6, 6.07) is 5.76. The van der Waals surface area contributed by atoms with Gasteiger partial charge in [-0.3, -0.25) is 9.59 Å². The molecule has 6 heteroatoms. The van der Waals surface area contributed by atoms with Crippen molar-refractivity contribution >= 4 is 11.9 Å². The van der Waals surface area contributed by atoms with Crippen molar-refractivity contribution in [2.75, 3.05) is 19.7 Å². The SMILES string of the molecule is O=C(O)[C@H]1CN(C(=O)CCCOc2ccc(F)cc2)C[C@@H]1C1CC1. The number of benzene rings is 1. The predicted octanol–water partition coefficient (Wildman–Crippen LogP) is 2.55. The lowest BCUT2D eigenvalue weighted by Gasteiger charge is -2.16. The van der Waals surface area contributed by atoms with Gasteiger partial charge in [-0.15, -0.1) is 0 Å². The maximum absolute atomic E-state index is 12.8. The Kier molecular flexibility index (Phi) is 5.02. The molecule has 0 radical (unpaired) electrons. The molecule has 1 N–H and O–H groups in total. The Labute approximate surface area is 140 Å². The van der Waals surface area contributed by atoms with Gasteiger partial charge in [-0.2, -0.15) is 0 Å². The molecular formula is C18H22FNO4. The van der Waals surface area contributed by atoms with Crippen LogP contribution in [0, 0.1) is 23.6 Å². The van der Waals surface area contributed by atoms with Crippen molar-refractivity contribution in [3.05, 3.63) is 30.1 Å². The Bertz CT molecular complexity index is 600. The van der Waals surface area contributed by atoms with Crippen molar-refractivity contribution in [1.82, 2.24) is 4.90 Å². The molecule has 1 amide bonds. The van der Waals surface area contributed by atoms with Crippen molar-refractivity contribution in [2.24, 2.45) is 17.8 Å². The highest BCUT2D eigenvalue weighted by atomic mass is 19.1. The second kappa shape index (κ2) is 7.20. The van der Waals surface area contributed by atoms with Gasteiger partial charge in [0.2, 0.25) is 5.91 Å². The molecule has 24 heavy (non-hydrogen) atoms. The molecule has 0 unspecified atom stereocenters. The molecule has 1 aliphatic heterocycles. The minimum absolute atomic E-state index is 0.00731. The molecule has 5 nitrogen and oxygen atoms in total. The molecule has 2 atom stereocenters. The van der Waals surface area contributed by atoms with Crippen molar-refractivity contribution in [1.29, 1.82) is 0 Å². The van der Waals surface area contributed by atoms with E-state index in [1.165, 1.54) is 12.1 Å². The van der Waals surface area contributed by atoms with E-state index in [-0.39, 0.29) is 17.6 Å². The number of aliphatic carboxylic acids is 1. The van der Waals surface area contributed by atoms with Gasteiger partial charge in [-0.05, 0) is 55.4 Å². The Morgan fingerprint density at radius 3 is 2.54 bits per heavy atom. The largest absolute Gasteiger partial charge is 0.494 e. The number of rotatable bonds is 7. The molecule has 2 aliphatic rings. The van der Waals surface area contributed by atoms with Crippen LogP contribution in [0.5, 0.6) is 5.75 Å². The molecule has 130 valence electrons. The van der Waals surface area contributed by atoms with Crippen LogP contribution < -0.4 is 4.74 Å². The van der Waals surface area contributed by atoms with E-state index in [0.29, 0.717) is 44.2 Å². The van der Waals surface area contributed by atoms with Crippen LogP contribution in [0.1, 0.15) is 25.7 Å². The number of carboxylic acid groups (broad SMARTS) is 1. The van der Waals surface area contributed by atoms with Crippen LogP contribution in [0.4, 0.5) is 4.39 Å². The van der Waals surface area contributed by atoms with Gasteiger partial charge in [-0.1, -0.05) is 0 Å². The quantitative estimate of drug-likeness (QED) is 0.778. The third-order valence-corrected chi connectivity index (χ3v) is 4.88. The van der Waals surface area contributed by atoms with Gasteiger partial charge in [0.15, 0.2) is 0 Å². The summed E-state index contributed by atoms with van der Waals surface area (Å²) in [5, 5.41) is 9.33. The summed E-state index contributed by atoms with van der Waals surface area (Å²) in [6.45, 7) is 1.27. The molecule has 0 aromatic heterocycles. The molecule has 1 aromatic carbocycles. The van der Waals surface area contributed by atoms with Crippen LogP contribution in [-0.2, 0) is 9.59 Å². The van der Waals surface area contributed by atoms with Gasteiger partial charge < -0.3 is 14.7 Å². The van der Waals surface area contributed by atoms with Gasteiger partial charge in [0.1, 0.15) is 11.6 Å². The van der Waals surface area contributed by atoms with E-state index < -0.39 is 11.9 Å². The van der Waals surface area contributed by atoms with Crippen LogP contribution in [0.2, 0.25) is 0 Å². The zero-order valence-corrected chi connectivity index (χ0v) is 13.5. The second-order valence-corrected chi connectivity index (χ2v) is 6.65. The number of amides is 1. The van der Waals surface area contributed by atoms with Crippen LogP contribution in [0.25, 0.3) is 0 Å². The van der Waals surface area contributed by atoms with Crippen molar-refractivity contribution in [2.45, 2.75) is 25.7 Å². The fourth-order valence-electron chi connectivity index (χ4n) is 3.40. The summed E-state index contributed by atoms with van der Waals surface area (Å²) in [6.07, 6.45) is 3.06. The minimum atomic E-state index is -0.790. The van der Waals surface area contributed by atoms with Gasteiger partial charge in [0.05, 0.1) is 12.5 Å². The lowest BCUT2D eigenvalue weighted by atomic mass is 9.92. The number of likely N-dealkylation sites (tertiary alicyclic amines) is 1. The van der Waals surface area contributed by atoms with Crippen LogP contribution >= 0.6 is 0 Å². The van der Waals surface area contributed by atoms with E-state index >= 15 is 0 Å². The summed E-state index contributed by atoms with van der Waals surface area (Å²) < 4.78 is 18.3. The molecule has 2 fully saturated rings. The van der Waals surface area contributed by atoms with E-state index in [9.17, 15) is 19.1 Å². The maximum Gasteiger partial charge on any atom is 0.308 e. The average Bonchev–Trinajstić information content (AvgIpc) is 3.31. The molecule has 1 saturated carbocycles. The molecule has 1 saturated heterocycles. The summed E-state index contributed by atoms with van der Waals surface area (Å²) in [4.78, 5) is 25.3. The number of carbonyl (C=O) groups is 2. The Balaban J connectivity index is 1.42. The number of hydrogen-bond acceptors (Lipinski definition) is 3. The highest BCUT2D eigenvalue weighted by Gasteiger charge is 2.46. The molecule has 3 rings (SSSR count). The van der Waals surface area contributed by atoms with E-state index in [4.69, 9.17) is 4.74 Å². The highest BCUT2D eigenvalue weighted by Crippen LogP contribution is 2.44. The first-order chi connectivity index (χ1) is 11.5. The second-order valence-electron chi connectivity index (χ2n) is 6.65. The first-order valence-corrected chi connectivity index (χ1v) is 8.43. The van der Waals surface area contributed by atoms with Crippen LogP contribution in [0.3, 0.4) is 0 Å². The zero-order chi connectivity index (χ0) is 17.1. The van der Waals surface area contributed by atoms with E-state index in [2.05, 4.69) is 0 Å². The van der Waals surface area contributed by atoms with Gasteiger partial charge in [0.25, 0.3) is 0 Å². The van der Waals surface area contributed by atoms with Crippen molar-refractivity contribution in [3.63, 3.8) is 0 Å². The van der Waals surface area contributed by atoms with Gasteiger partial charge in [0, 0.05) is 19.5 Å². The van der Waals surface area contributed by atoms with Crippen LogP contribution in [0.15, 0.2) is 24.3 Å². The van der Waals surface area contributed by atoms with Gasteiger partial charge >= 0.3 is 5.97 Å². The maximum atomic E-state index is 12.8. The van der Waals surface area contributed by atoms with Gasteiger partial charge in [-0.25, -0.2) is 4.39 Å². The number of carboxylic acids is 1. The Hall–Kier alpha value is -2.11. The fourth-order valence-corrected chi connectivity index (χ4v) is 3.40. The van der Waals surface area contributed by atoms with E-state index in [1.807, 2.05) is 0 Å². The Morgan fingerprint density at radius 1 is 1.21 bits per heavy atom. The van der Waals surface area contributed by atoms with E-state index in [1.54, 1.807) is 17.0 Å². The molecule has 0 bridgehead atoms. The lowest BCUT2D eigenvalue weighted by molar-refractivity contribution is -0.142. The van der Waals surface area contributed by atoms with Crippen molar-refractivity contribution in [3.8, 4) is 5.75 Å². The molecular weight excluding hydrogens is 313 g/mol. The van der Waals surface area contributed by atoms with E-state index in [0.717, 1.165) is 12.8 Å². The first kappa shape index (κ1) is 16.7. The molecule has 1 aliphatic carbocycles. The summed E-state index contributed by atoms with van der Waals surface area (Å²) in [5.74, 6) is -0.368. The number of halogens is 1. The number of nitrogens with zero attached hydrogens (tertiary/aromatic N) is 1. The number of ether oxygens (including phenoxy) is 1. The topological polar surface area (TPSA) is 66.8 Å². The minimum Gasteiger partial charge on any atom is -0.494 e. The average molecular weight is 335 g/mol. The fraction of sp³-hybridized carbons (Fsp3) is 0.556. The number of hydrogen-bond donors (Lipinski definition) is 1. The standard InChI is InChI=1S/C18H22FNO4/c19-13-5-7-14(8-6-13)24-9-1-2-17(21)20-10-15(12-3-4-12)16(11-20)18(22)23/h5-8,12,15-16H,1-4,9-11H2,(H,22,23)/t15-,16+/m1/s1. The predicted molar refractivity (Wildman–Crippen MR) is 85.0 cm³/mol. The first-order valence-electron chi connectivity index (χ1n) is 8.43. The van der Waals surface area contributed by atoms with Crippen molar-refractivity contribution < 1.29 is 23.8 Å². The third kappa shape index (κ3) is 4.04. The number of carbonyl (C=O) groups excluding carboxylic acids is 1. The summed E-state index contributed by atoms with van der Waals surface area (Å²) in [5.41, 5.74) is 0. The molecule has 1 heterocycles. The van der Waals surface area contributed by atoms with Crippen LogP contribution in [-0.4, -0.2) is 41.6 Å². The summed E-state index contributed by atoms with van der Waals surface area (Å²) in [7, 11) is 0. The lowest BCUT2D eigenvalue weighted by Crippen LogP contribution is -2.30. The molecule has 1 aromatic rings. The zero-order valence-electron chi connectivity index (χ0n) is 13.5. The molecule has 0 spiro atoms. The monoisotopic (exact) mass is 335 g/mol. The third-order valence-electron chi connectivity index (χ3n) is 4.88. The summed E-state index contributed by atoms with van der Waals surface area (Å²) >= 11 is 0. The highest BCUT2D eigenvalue weighted by molar-refractivity contribution is 5.79. The normalized spacial score (nSPS) is 23.3. The smallest absolute Gasteiger partial charge is 0.308 e.